The Morgan fingerprint density at radius 3 is 2.72 bits per heavy atom. The summed E-state index contributed by atoms with van der Waals surface area (Å²) in [5, 5.41) is 11.3. The number of amides is 1. The monoisotopic (exact) mass is 362 g/mol. The van der Waals surface area contributed by atoms with Crippen molar-refractivity contribution < 1.29 is 18.6 Å². The van der Waals surface area contributed by atoms with Gasteiger partial charge < -0.3 is 19.1 Å². The number of nitrogens with zero attached hydrogens (tertiary/aromatic N) is 3. The molecule has 0 aliphatic rings. The van der Waals surface area contributed by atoms with Crippen LogP contribution in [0.25, 0.3) is 10.6 Å². The van der Waals surface area contributed by atoms with E-state index in [0.717, 1.165) is 16.3 Å². The summed E-state index contributed by atoms with van der Waals surface area (Å²) in [6, 6.07) is 1.75. The zero-order chi connectivity index (χ0) is 18.0. The Balaban J connectivity index is 1.72. The van der Waals surface area contributed by atoms with Crippen LogP contribution in [-0.4, -0.2) is 28.3 Å². The SMILES string of the molecule is COCc1cc(CNC(=O)c2sc(-c3c(C)noc3C)nc2C)on1. The normalized spacial score (nSPS) is 11.0. The Morgan fingerprint density at radius 1 is 1.24 bits per heavy atom. The first-order chi connectivity index (χ1) is 12.0. The van der Waals surface area contributed by atoms with E-state index in [1.54, 1.807) is 20.1 Å². The van der Waals surface area contributed by atoms with Gasteiger partial charge >= 0.3 is 0 Å². The van der Waals surface area contributed by atoms with Gasteiger partial charge in [0.1, 0.15) is 21.3 Å². The van der Waals surface area contributed by atoms with Gasteiger partial charge in [-0.05, 0) is 20.8 Å². The summed E-state index contributed by atoms with van der Waals surface area (Å²) in [5.74, 6) is 1.04. The van der Waals surface area contributed by atoms with Crippen molar-refractivity contribution in [1.29, 1.82) is 0 Å². The molecule has 0 aliphatic carbocycles. The van der Waals surface area contributed by atoms with Crippen molar-refractivity contribution in [2.75, 3.05) is 7.11 Å². The highest BCUT2D eigenvalue weighted by Gasteiger charge is 2.21. The minimum absolute atomic E-state index is 0.210. The van der Waals surface area contributed by atoms with Gasteiger partial charge in [0.25, 0.3) is 5.91 Å². The van der Waals surface area contributed by atoms with Crippen LogP contribution in [0.15, 0.2) is 15.1 Å². The fraction of sp³-hybridized carbons (Fsp3) is 0.375. The number of carbonyl (C=O) groups is 1. The lowest BCUT2D eigenvalue weighted by Crippen LogP contribution is -2.22. The molecule has 0 unspecified atom stereocenters. The molecule has 3 rings (SSSR count). The van der Waals surface area contributed by atoms with E-state index in [4.69, 9.17) is 13.8 Å². The topological polar surface area (TPSA) is 103 Å². The quantitative estimate of drug-likeness (QED) is 0.719. The van der Waals surface area contributed by atoms with Gasteiger partial charge in [0.15, 0.2) is 5.76 Å². The fourth-order valence-corrected chi connectivity index (χ4v) is 3.53. The third-order valence-electron chi connectivity index (χ3n) is 3.57. The van der Waals surface area contributed by atoms with E-state index in [1.165, 1.54) is 11.3 Å². The number of carbonyl (C=O) groups excluding carboxylic acids is 1. The van der Waals surface area contributed by atoms with E-state index in [9.17, 15) is 4.79 Å². The number of thiazole rings is 1. The van der Waals surface area contributed by atoms with Crippen molar-refractivity contribution in [2.45, 2.75) is 33.9 Å². The molecular formula is C16H18N4O4S. The van der Waals surface area contributed by atoms with Gasteiger partial charge in [0, 0.05) is 13.2 Å². The zero-order valence-electron chi connectivity index (χ0n) is 14.4. The molecule has 3 aromatic rings. The van der Waals surface area contributed by atoms with Crippen LogP contribution in [0.2, 0.25) is 0 Å². The molecule has 1 N–H and O–H groups in total. The highest BCUT2D eigenvalue weighted by atomic mass is 32.1. The Hall–Kier alpha value is -2.52. The summed E-state index contributed by atoms with van der Waals surface area (Å²) in [7, 11) is 1.58. The highest BCUT2D eigenvalue weighted by Crippen LogP contribution is 2.32. The maximum Gasteiger partial charge on any atom is 0.263 e. The molecule has 0 aliphatic heterocycles. The molecule has 0 saturated carbocycles. The molecule has 0 spiro atoms. The largest absolute Gasteiger partial charge is 0.378 e. The standard InChI is InChI=1S/C16H18N4O4S/c1-8-13(10(3)23-19-8)16-18-9(2)14(25-16)15(21)17-6-12-5-11(7-22-4)20-24-12/h5H,6-7H2,1-4H3,(H,17,21). The minimum atomic E-state index is -0.210. The molecule has 0 saturated heterocycles. The second-order valence-electron chi connectivity index (χ2n) is 5.53. The van der Waals surface area contributed by atoms with Crippen LogP contribution in [0.3, 0.4) is 0 Å². The van der Waals surface area contributed by atoms with E-state index >= 15 is 0 Å². The smallest absolute Gasteiger partial charge is 0.263 e. The van der Waals surface area contributed by atoms with Crippen LogP contribution in [0, 0.1) is 20.8 Å². The predicted molar refractivity (Wildman–Crippen MR) is 90.2 cm³/mol. The van der Waals surface area contributed by atoms with E-state index in [1.807, 2.05) is 13.8 Å². The first-order valence-corrected chi connectivity index (χ1v) is 8.43. The Kier molecular flexibility index (Phi) is 4.95. The molecule has 0 bridgehead atoms. The van der Waals surface area contributed by atoms with Crippen LogP contribution >= 0.6 is 11.3 Å². The molecule has 1 amide bonds. The lowest BCUT2D eigenvalue weighted by Gasteiger charge is -2.00. The van der Waals surface area contributed by atoms with Crippen molar-refractivity contribution in [1.82, 2.24) is 20.6 Å². The molecule has 3 heterocycles. The Labute approximate surface area is 148 Å². The Bertz CT molecular complexity index is 876. The van der Waals surface area contributed by atoms with Crippen LogP contribution in [-0.2, 0) is 17.9 Å². The molecular weight excluding hydrogens is 344 g/mol. The van der Waals surface area contributed by atoms with Crippen LogP contribution in [0.4, 0.5) is 0 Å². The Morgan fingerprint density at radius 2 is 2.04 bits per heavy atom. The third-order valence-corrected chi connectivity index (χ3v) is 4.75. The number of methoxy groups -OCH3 is 1. The molecule has 132 valence electrons. The van der Waals surface area contributed by atoms with Gasteiger partial charge in [-0.15, -0.1) is 11.3 Å². The number of ether oxygens (including phenoxy) is 1. The maximum atomic E-state index is 12.5. The van der Waals surface area contributed by atoms with Gasteiger partial charge in [0.05, 0.1) is 30.1 Å². The van der Waals surface area contributed by atoms with E-state index in [2.05, 4.69) is 20.6 Å². The number of aromatic nitrogens is 3. The molecule has 8 nitrogen and oxygen atoms in total. The average Bonchev–Trinajstić information content (AvgIpc) is 3.26. The van der Waals surface area contributed by atoms with Crippen molar-refractivity contribution in [3.05, 3.63) is 39.5 Å². The molecule has 0 radical (unpaired) electrons. The molecule has 0 atom stereocenters. The van der Waals surface area contributed by atoms with Crippen LogP contribution in [0.1, 0.15) is 38.3 Å². The third kappa shape index (κ3) is 3.62. The molecule has 9 heteroatoms. The predicted octanol–water partition coefficient (Wildman–Crippen LogP) is 2.79. The zero-order valence-corrected chi connectivity index (χ0v) is 15.2. The first kappa shape index (κ1) is 17.3. The van der Waals surface area contributed by atoms with Gasteiger partial charge in [0.2, 0.25) is 0 Å². The van der Waals surface area contributed by atoms with E-state index < -0.39 is 0 Å². The number of hydrogen-bond acceptors (Lipinski definition) is 8. The van der Waals surface area contributed by atoms with Gasteiger partial charge in [-0.25, -0.2) is 4.98 Å². The summed E-state index contributed by atoms with van der Waals surface area (Å²) in [6.45, 7) is 6.09. The highest BCUT2D eigenvalue weighted by molar-refractivity contribution is 7.17. The second-order valence-corrected chi connectivity index (χ2v) is 6.53. The average molecular weight is 362 g/mol. The minimum Gasteiger partial charge on any atom is -0.378 e. The van der Waals surface area contributed by atoms with Crippen molar-refractivity contribution >= 4 is 17.2 Å². The summed E-state index contributed by atoms with van der Waals surface area (Å²) in [6.07, 6.45) is 0. The molecule has 3 aromatic heterocycles. The van der Waals surface area contributed by atoms with Gasteiger partial charge in [-0.1, -0.05) is 10.3 Å². The van der Waals surface area contributed by atoms with Crippen molar-refractivity contribution in [3.8, 4) is 10.6 Å². The fourth-order valence-electron chi connectivity index (χ4n) is 2.41. The van der Waals surface area contributed by atoms with Crippen molar-refractivity contribution in [2.24, 2.45) is 0 Å². The number of hydrogen-bond donors (Lipinski definition) is 1. The number of aryl methyl sites for hydroxylation is 3. The maximum absolute atomic E-state index is 12.5. The van der Waals surface area contributed by atoms with E-state index in [-0.39, 0.29) is 12.5 Å². The molecule has 0 aromatic carbocycles. The van der Waals surface area contributed by atoms with E-state index in [0.29, 0.717) is 34.4 Å². The second kappa shape index (κ2) is 7.16. The summed E-state index contributed by atoms with van der Waals surface area (Å²) >= 11 is 1.31. The van der Waals surface area contributed by atoms with Crippen LogP contribution in [0.5, 0.6) is 0 Å². The first-order valence-electron chi connectivity index (χ1n) is 7.62. The summed E-state index contributed by atoms with van der Waals surface area (Å²) in [5.41, 5.74) is 2.94. The molecule has 0 fully saturated rings. The number of nitrogens with one attached hydrogen (secondary N) is 1. The van der Waals surface area contributed by atoms with Crippen molar-refractivity contribution in [3.63, 3.8) is 0 Å². The lowest BCUT2D eigenvalue weighted by molar-refractivity contribution is 0.0950. The lowest BCUT2D eigenvalue weighted by atomic mass is 10.2. The summed E-state index contributed by atoms with van der Waals surface area (Å²) < 4.78 is 15.3. The number of rotatable bonds is 6. The van der Waals surface area contributed by atoms with Crippen LogP contribution < -0.4 is 5.32 Å². The molecule has 25 heavy (non-hydrogen) atoms. The van der Waals surface area contributed by atoms with Gasteiger partial charge in [-0.3, -0.25) is 4.79 Å². The summed E-state index contributed by atoms with van der Waals surface area (Å²) in [4.78, 5) is 17.5. The van der Waals surface area contributed by atoms with Gasteiger partial charge in [-0.2, -0.15) is 0 Å².